The zero-order valence-corrected chi connectivity index (χ0v) is 16.5. The van der Waals surface area contributed by atoms with E-state index in [1.165, 1.54) is 38.3 Å². The van der Waals surface area contributed by atoms with Crippen LogP contribution in [0.1, 0.15) is 34.5 Å². The summed E-state index contributed by atoms with van der Waals surface area (Å²) in [7, 11) is 1.24. The van der Waals surface area contributed by atoms with Crippen molar-refractivity contribution in [1.29, 1.82) is 0 Å². The number of anilines is 1. The Morgan fingerprint density at radius 3 is 2.39 bits per heavy atom. The molecule has 0 fully saturated rings. The molecule has 2 aromatic rings. The SMILES string of the molecule is COC(=O)c1ccc(C2NC(=O)NC(C)=C2C(=O)Nc2cccc(C(F)(F)F)c2)cc1. The first-order chi connectivity index (χ1) is 14.6. The predicted octanol–water partition coefficient (Wildman–Crippen LogP) is 3.76. The molecule has 1 heterocycles. The van der Waals surface area contributed by atoms with Crippen LogP contribution in [-0.4, -0.2) is 25.0 Å². The summed E-state index contributed by atoms with van der Waals surface area (Å²) in [6, 6.07) is 8.86. The number of halogens is 3. The van der Waals surface area contributed by atoms with Crippen LogP contribution in [0.4, 0.5) is 23.7 Å². The van der Waals surface area contributed by atoms with Gasteiger partial charge >= 0.3 is 18.2 Å². The summed E-state index contributed by atoms with van der Waals surface area (Å²) in [6.07, 6.45) is -4.56. The van der Waals surface area contributed by atoms with Crippen LogP contribution in [0.5, 0.6) is 0 Å². The van der Waals surface area contributed by atoms with E-state index in [-0.39, 0.29) is 22.5 Å². The second kappa shape index (κ2) is 8.50. The van der Waals surface area contributed by atoms with Gasteiger partial charge in [-0.25, -0.2) is 9.59 Å². The van der Waals surface area contributed by atoms with Crippen LogP contribution in [0.25, 0.3) is 0 Å². The number of ether oxygens (including phenoxy) is 1. The Labute approximate surface area is 175 Å². The molecule has 3 amide bonds. The van der Waals surface area contributed by atoms with Gasteiger partial charge in [-0.05, 0) is 42.8 Å². The fourth-order valence-corrected chi connectivity index (χ4v) is 3.15. The zero-order valence-electron chi connectivity index (χ0n) is 16.5. The fourth-order valence-electron chi connectivity index (χ4n) is 3.15. The molecule has 10 heteroatoms. The van der Waals surface area contributed by atoms with Crippen molar-refractivity contribution in [2.45, 2.75) is 19.1 Å². The molecule has 3 rings (SSSR count). The number of methoxy groups -OCH3 is 1. The molecule has 0 saturated heterocycles. The number of allylic oxidation sites excluding steroid dienone is 1. The molecule has 1 atom stereocenters. The highest BCUT2D eigenvalue weighted by molar-refractivity contribution is 6.06. The van der Waals surface area contributed by atoms with Crippen LogP contribution >= 0.6 is 0 Å². The van der Waals surface area contributed by atoms with Gasteiger partial charge in [0, 0.05) is 11.4 Å². The molecule has 0 bridgehead atoms. The van der Waals surface area contributed by atoms with Crippen molar-refractivity contribution in [2.24, 2.45) is 0 Å². The Kier molecular flexibility index (Phi) is 6.00. The van der Waals surface area contributed by atoms with Crippen LogP contribution in [0, 0.1) is 0 Å². The Morgan fingerprint density at radius 1 is 1.10 bits per heavy atom. The minimum atomic E-state index is -4.56. The highest BCUT2D eigenvalue weighted by Gasteiger charge is 2.33. The van der Waals surface area contributed by atoms with Gasteiger partial charge < -0.3 is 20.7 Å². The number of benzene rings is 2. The number of esters is 1. The van der Waals surface area contributed by atoms with E-state index >= 15 is 0 Å². The first-order valence-corrected chi connectivity index (χ1v) is 9.05. The first-order valence-electron chi connectivity index (χ1n) is 9.05. The highest BCUT2D eigenvalue weighted by Crippen LogP contribution is 2.32. The lowest BCUT2D eigenvalue weighted by molar-refractivity contribution is -0.137. The molecule has 0 spiro atoms. The zero-order chi connectivity index (χ0) is 22.8. The van der Waals surface area contributed by atoms with Crippen molar-refractivity contribution in [1.82, 2.24) is 10.6 Å². The number of hydrogen-bond donors (Lipinski definition) is 3. The molecular weight excluding hydrogens is 415 g/mol. The van der Waals surface area contributed by atoms with Crippen LogP contribution in [0.2, 0.25) is 0 Å². The summed E-state index contributed by atoms with van der Waals surface area (Å²) in [5.74, 6) is -1.23. The van der Waals surface area contributed by atoms with E-state index in [0.29, 0.717) is 5.56 Å². The Balaban J connectivity index is 1.91. The third kappa shape index (κ3) is 4.85. The topological polar surface area (TPSA) is 96.5 Å². The van der Waals surface area contributed by atoms with Crippen molar-refractivity contribution >= 4 is 23.6 Å². The molecule has 1 aliphatic rings. The fraction of sp³-hybridized carbons (Fsp3) is 0.190. The first kappa shape index (κ1) is 21.9. The summed E-state index contributed by atoms with van der Waals surface area (Å²) in [5.41, 5.74) is 0.189. The standard InChI is InChI=1S/C21H18F3N3O4/c1-11-16(18(28)26-15-5-3-4-14(10-15)21(22,23)24)17(27-20(30)25-11)12-6-8-13(9-7-12)19(29)31-2/h3-10,17H,1-2H3,(H,26,28)(H2,25,27,30). The molecule has 0 radical (unpaired) electrons. The molecule has 31 heavy (non-hydrogen) atoms. The highest BCUT2D eigenvalue weighted by atomic mass is 19.4. The van der Waals surface area contributed by atoms with Gasteiger partial charge in [0.25, 0.3) is 5.91 Å². The van der Waals surface area contributed by atoms with Gasteiger partial charge in [0.1, 0.15) is 0 Å². The lowest BCUT2D eigenvalue weighted by atomic mass is 9.94. The van der Waals surface area contributed by atoms with E-state index in [2.05, 4.69) is 20.7 Å². The third-order valence-corrected chi connectivity index (χ3v) is 4.63. The van der Waals surface area contributed by atoms with Crippen molar-refractivity contribution in [2.75, 3.05) is 12.4 Å². The number of nitrogens with one attached hydrogen (secondary N) is 3. The summed E-state index contributed by atoms with van der Waals surface area (Å²) in [5, 5.41) is 7.54. The van der Waals surface area contributed by atoms with E-state index in [1.807, 2.05) is 0 Å². The number of carbonyl (C=O) groups excluding carboxylic acids is 3. The molecule has 7 nitrogen and oxygen atoms in total. The molecule has 0 aliphatic carbocycles. The third-order valence-electron chi connectivity index (χ3n) is 4.63. The average molecular weight is 433 g/mol. The van der Waals surface area contributed by atoms with Gasteiger partial charge in [0.05, 0.1) is 29.9 Å². The monoisotopic (exact) mass is 433 g/mol. The van der Waals surface area contributed by atoms with Crippen LogP contribution in [0.15, 0.2) is 59.8 Å². The molecule has 1 unspecified atom stereocenters. The number of urea groups is 1. The van der Waals surface area contributed by atoms with E-state index in [9.17, 15) is 27.6 Å². The predicted molar refractivity (Wildman–Crippen MR) is 105 cm³/mol. The molecule has 0 saturated carbocycles. The van der Waals surface area contributed by atoms with Gasteiger partial charge in [0.2, 0.25) is 0 Å². The van der Waals surface area contributed by atoms with Gasteiger partial charge in [-0.3, -0.25) is 4.79 Å². The molecule has 2 aromatic carbocycles. The smallest absolute Gasteiger partial charge is 0.416 e. The Morgan fingerprint density at radius 2 is 1.77 bits per heavy atom. The van der Waals surface area contributed by atoms with Crippen molar-refractivity contribution in [3.05, 3.63) is 76.5 Å². The number of hydrogen-bond acceptors (Lipinski definition) is 4. The Hall–Kier alpha value is -3.82. The number of amides is 3. The molecule has 1 aliphatic heterocycles. The molecule has 3 N–H and O–H groups in total. The van der Waals surface area contributed by atoms with Crippen LogP contribution < -0.4 is 16.0 Å². The maximum atomic E-state index is 13.0. The van der Waals surface area contributed by atoms with Gasteiger partial charge in [0.15, 0.2) is 0 Å². The number of rotatable bonds is 4. The minimum absolute atomic E-state index is 0.0446. The maximum Gasteiger partial charge on any atom is 0.416 e. The van der Waals surface area contributed by atoms with Crippen LogP contribution in [-0.2, 0) is 15.7 Å². The van der Waals surface area contributed by atoms with E-state index < -0.39 is 35.7 Å². The lowest BCUT2D eigenvalue weighted by Gasteiger charge is -2.28. The average Bonchev–Trinajstić information content (AvgIpc) is 2.72. The Bertz CT molecular complexity index is 1060. The second-order valence-corrected chi connectivity index (χ2v) is 6.72. The quantitative estimate of drug-likeness (QED) is 0.640. The minimum Gasteiger partial charge on any atom is -0.465 e. The second-order valence-electron chi connectivity index (χ2n) is 6.72. The summed E-state index contributed by atoms with van der Waals surface area (Å²) >= 11 is 0. The van der Waals surface area contributed by atoms with Gasteiger partial charge in [-0.2, -0.15) is 13.2 Å². The molecular formula is C21H18F3N3O4. The number of alkyl halides is 3. The lowest BCUT2D eigenvalue weighted by Crippen LogP contribution is -2.46. The van der Waals surface area contributed by atoms with Gasteiger partial charge in [-0.1, -0.05) is 18.2 Å². The van der Waals surface area contributed by atoms with E-state index in [0.717, 1.165) is 12.1 Å². The summed E-state index contributed by atoms with van der Waals surface area (Å²) < 4.78 is 43.5. The number of carbonyl (C=O) groups is 3. The van der Waals surface area contributed by atoms with Crippen molar-refractivity contribution < 1.29 is 32.3 Å². The van der Waals surface area contributed by atoms with Gasteiger partial charge in [-0.15, -0.1) is 0 Å². The maximum absolute atomic E-state index is 13.0. The van der Waals surface area contributed by atoms with E-state index in [1.54, 1.807) is 12.1 Å². The molecule has 162 valence electrons. The van der Waals surface area contributed by atoms with E-state index in [4.69, 9.17) is 0 Å². The molecule has 0 aromatic heterocycles. The van der Waals surface area contributed by atoms with Crippen molar-refractivity contribution in [3.8, 4) is 0 Å². The van der Waals surface area contributed by atoms with Crippen LogP contribution in [0.3, 0.4) is 0 Å². The summed E-state index contributed by atoms with van der Waals surface area (Å²) in [4.78, 5) is 36.5. The normalized spacial score (nSPS) is 16.3. The summed E-state index contributed by atoms with van der Waals surface area (Å²) in [6.45, 7) is 1.51. The largest absolute Gasteiger partial charge is 0.465 e. The van der Waals surface area contributed by atoms with Crippen molar-refractivity contribution in [3.63, 3.8) is 0 Å².